The molecule has 0 atom stereocenters. The predicted octanol–water partition coefficient (Wildman–Crippen LogP) is 0.700. The minimum absolute atomic E-state index is 0.0486. The van der Waals surface area contributed by atoms with Crippen molar-refractivity contribution in [1.29, 1.82) is 0 Å². The maximum absolute atomic E-state index is 12.0. The number of hydrogen-bond donors (Lipinski definition) is 1. The fraction of sp³-hybridized carbons (Fsp3) is 0.900. The summed E-state index contributed by atoms with van der Waals surface area (Å²) in [5, 5.41) is 0. The van der Waals surface area contributed by atoms with Gasteiger partial charge in [-0.05, 0) is 26.7 Å². The van der Waals surface area contributed by atoms with Gasteiger partial charge in [-0.3, -0.25) is 4.79 Å². The van der Waals surface area contributed by atoms with Crippen molar-refractivity contribution in [1.82, 2.24) is 9.62 Å². The number of alkyl halides is 1. The van der Waals surface area contributed by atoms with Gasteiger partial charge in [0.2, 0.25) is 15.9 Å². The molecule has 0 bridgehead atoms. The van der Waals surface area contributed by atoms with E-state index in [4.69, 9.17) is 0 Å². The topological polar surface area (TPSA) is 66.5 Å². The van der Waals surface area contributed by atoms with E-state index in [1.165, 1.54) is 0 Å². The first-order valence-electron chi connectivity index (χ1n) is 5.55. The van der Waals surface area contributed by atoms with Crippen LogP contribution in [-0.4, -0.2) is 48.9 Å². The first-order chi connectivity index (χ1) is 7.59. The van der Waals surface area contributed by atoms with Crippen LogP contribution in [0.1, 0.15) is 26.7 Å². The molecule has 0 aromatic rings. The first-order valence-corrected chi connectivity index (χ1v) is 8.23. The van der Waals surface area contributed by atoms with Gasteiger partial charge in [0.25, 0.3) is 0 Å². The Morgan fingerprint density at radius 2 is 1.82 bits per heavy atom. The van der Waals surface area contributed by atoms with E-state index in [0.717, 1.165) is 6.26 Å². The van der Waals surface area contributed by atoms with E-state index < -0.39 is 14.3 Å². The highest BCUT2D eigenvalue weighted by Crippen LogP contribution is 2.22. The lowest BCUT2D eigenvalue weighted by molar-refractivity contribution is -0.133. The highest BCUT2D eigenvalue weighted by atomic mass is 79.9. The van der Waals surface area contributed by atoms with Crippen LogP contribution in [0, 0.1) is 0 Å². The molecule has 1 aliphatic heterocycles. The number of halogens is 1. The number of likely N-dealkylation sites (tertiary alicyclic amines) is 1. The minimum Gasteiger partial charge on any atom is -0.341 e. The second-order valence-electron chi connectivity index (χ2n) is 4.93. The summed E-state index contributed by atoms with van der Waals surface area (Å²) < 4.78 is 24.2. The van der Waals surface area contributed by atoms with Crippen LogP contribution in [0.2, 0.25) is 0 Å². The van der Waals surface area contributed by atoms with Crippen LogP contribution in [-0.2, 0) is 14.8 Å². The van der Waals surface area contributed by atoms with E-state index in [9.17, 15) is 13.2 Å². The summed E-state index contributed by atoms with van der Waals surface area (Å²) in [6.07, 6.45) is 2.50. The third kappa shape index (κ3) is 4.93. The highest BCUT2D eigenvalue weighted by molar-refractivity contribution is 9.10. The molecule has 1 saturated heterocycles. The van der Waals surface area contributed by atoms with Gasteiger partial charge in [0.05, 0.1) is 10.6 Å². The third-order valence-corrected chi connectivity index (χ3v) is 3.77. The normalized spacial score (nSPS) is 19.4. The first kappa shape index (κ1) is 14.9. The Bertz CT molecular complexity index is 381. The van der Waals surface area contributed by atoms with Crippen molar-refractivity contribution in [3.8, 4) is 0 Å². The van der Waals surface area contributed by atoms with Crippen LogP contribution in [0.15, 0.2) is 0 Å². The summed E-state index contributed by atoms with van der Waals surface area (Å²) in [5.74, 6) is 0.0512. The summed E-state index contributed by atoms with van der Waals surface area (Å²) in [6.45, 7) is 4.83. The van der Waals surface area contributed by atoms with Crippen molar-refractivity contribution in [3.05, 3.63) is 0 Å². The predicted molar refractivity (Wildman–Crippen MR) is 70.6 cm³/mol. The van der Waals surface area contributed by atoms with Gasteiger partial charge in [-0.2, -0.15) is 0 Å². The molecule has 7 heteroatoms. The number of piperidine rings is 1. The minimum atomic E-state index is -3.15. The van der Waals surface area contributed by atoms with E-state index in [1.54, 1.807) is 4.90 Å². The fourth-order valence-corrected chi connectivity index (χ4v) is 2.97. The Labute approximate surface area is 111 Å². The zero-order valence-electron chi connectivity index (χ0n) is 10.4. The molecule has 17 heavy (non-hydrogen) atoms. The van der Waals surface area contributed by atoms with Gasteiger partial charge < -0.3 is 4.90 Å². The SMILES string of the molecule is CC(C)(Br)C(=O)N1CCC(NS(C)(=O)=O)CC1. The van der Waals surface area contributed by atoms with E-state index in [2.05, 4.69) is 20.7 Å². The zero-order valence-corrected chi connectivity index (χ0v) is 12.8. The van der Waals surface area contributed by atoms with Crippen LogP contribution < -0.4 is 4.72 Å². The smallest absolute Gasteiger partial charge is 0.238 e. The molecule has 1 rings (SSSR count). The number of sulfonamides is 1. The largest absolute Gasteiger partial charge is 0.341 e. The summed E-state index contributed by atoms with van der Waals surface area (Å²) in [5.41, 5.74) is 0. The third-order valence-electron chi connectivity index (χ3n) is 2.67. The number of hydrogen-bond acceptors (Lipinski definition) is 3. The molecule has 0 radical (unpaired) electrons. The fourth-order valence-electron chi connectivity index (χ4n) is 1.88. The molecule has 100 valence electrons. The van der Waals surface area contributed by atoms with Crippen molar-refractivity contribution >= 4 is 31.9 Å². The van der Waals surface area contributed by atoms with Gasteiger partial charge in [-0.1, -0.05) is 15.9 Å². The highest BCUT2D eigenvalue weighted by Gasteiger charge is 2.32. The second kappa shape index (κ2) is 5.24. The Hall–Kier alpha value is -0.140. The van der Waals surface area contributed by atoms with E-state index >= 15 is 0 Å². The maximum Gasteiger partial charge on any atom is 0.238 e. The molecular weight excluding hydrogens is 308 g/mol. The quantitative estimate of drug-likeness (QED) is 0.776. The molecule has 1 heterocycles. The number of carbonyl (C=O) groups excluding carboxylic acids is 1. The van der Waals surface area contributed by atoms with Gasteiger partial charge in [-0.15, -0.1) is 0 Å². The number of amides is 1. The van der Waals surface area contributed by atoms with Crippen molar-refractivity contribution in [2.45, 2.75) is 37.1 Å². The molecule has 1 fully saturated rings. The summed E-state index contributed by atoms with van der Waals surface area (Å²) >= 11 is 3.34. The Balaban J connectivity index is 2.49. The van der Waals surface area contributed by atoms with Crippen molar-refractivity contribution in [3.63, 3.8) is 0 Å². The molecular formula is C10H19BrN2O3S. The van der Waals surface area contributed by atoms with Gasteiger partial charge in [0.15, 0.2) is 0 Å². The lowest BCUT2D eigenvalue weighted by Gasteiger charge is -2.35. The molecule has 1 amide bonds. The second-order valence-corrected chi connectivity index (χ2v) is 8.69. The summed E-state index contributed by atoms with van der Waals surface area (Å²) in [4.78, 5) is 13.7. The number of nitrogens with zero attached hydrogens (tertiary/aromatic N) is 1. The van der Waals surface area contributed by atoms with Gasteiger partial charge in [-0.25, -0.2) is 13.1 Å². The van der Waals surface area contributed by atoms with Crippen LogP contribution in [0.25, 0.3) is 0 Å². The molecule has 0 aliphatic carbocycles. The Kier molecular flexibility index (Phi) is 4.60. The average Bonchev–Trinajstić information content (AvgIpc) is 2.14. The molecule has 1 N–H and O–H groups in total. The van der Waals surface area contributed by atoms with Crippen LogP contribution in [0.3, 0.4) is 0 Å². The number of rotatable bonds is 3. The Morgan fingerprint density at radius 1 is 1.35 bits per heavy atom. The molecule has 0 spiro atoms. The van der Waals surface area contributed by atoms with Crippen molar-refractivity contribution in [2.24, 2.45) is 0 Å². The maximum atomic E-state index is 12.0. The molecule has 0 saturated carbocycles. The van der Waals surface area contributed by atoms with E-state index in [-0.39, 0.29) is 11.9 Å². The van der Waals surface area contributed by atoms with Crippen molar-refractivity contribution in [2.75, 3.05) is 19.3 Å². The molecule has 0 aromatic heterocycles. The lowest BCUT2D eigenvalue weighted by Crippen LogP contribution is -2.50. The van der Waals surface area contributed by atoms with Gasteiger partial charge in [0.1, 0.15) is 0 Å². The molecule has 1 aliphatic rings. The summed E-state index contributed by atoms with van der Waals surface area (Å²) in [6, 6.07) is -0.0486. The monoisotopic (exact) mass is 326 g/mol. The number of carbonyl (C=O) groups is 1. The van der Waals surface area contributed by atoms with Crippen LogP contribution >= 0.6 is 15.9 Å². The van der Waals surface area contributed by atoms with Gasteiger partial charge in [0, 0.05) is 19.1 Å². The lowest BCUT2D eigenvalue weighted by atomic mass is 10.0. The van der Waals surface area contributed by atoms with Crippen LogP contribution in [0.4, 0.5) is 0 Å². The molecule has 0 aromatic carbocycles. The number of nitrogens with one attached hydrogen (secondary N) is 1. The average molecular weight is 327 g/mol. The van der Waals surface area contributed by atoms with Crippen molar-refractivity contribution < 1.29 is 13.2 Å². The van der Waals surface area contributed by atoms with Crippen LogP contribution in [0.5, 0.6) is 0 Å². The standard InChI is InChI=1S/C10H19BrN2O3S/c1-10(2,11)9(14)13-6-4-8(5-7-13)12-17(3,15)16/h8,12H,4-7H2,1-3H3. The molecule has 5 nitrogen and oxygen atoms in total. The van der Waals surface area contributed by atoms with E-state index in [0.29, 0.717) is 25.9 Å². The van der Waals surface area contributed by atoms with E-state index in [1.807, 2.05) is 13.8 Å². The van der Waals surface area contributed by atoms with Gasteiger partial charge >= 0.3 is 0 Å². The molecule has 0 unspecified atom stereocenters. The summed E-state index contributed by atoms with van der Waals surface area (Å²) in [7, 11) is -3.15. The Morgan fingerprint density at radius 3 is 2.18 bits per heavy atom. The zero-order chi connectivity index (χ0) is 13.3.